The van der Waals surface area contributed by atoms with Crippen LogP contribution >= 0.6 is 11.8 Å². The Balaban J connectivity index is 0.689. The Bertz CT molecular complexity index is 2890. The van der Waals surface area contributed by atoms with Crippen LogP contribution in [0, 0.1) is 5.82 Å². The highest BCUT2D eigenvalue weighted by Gasteiger charge is 2.41. The van der Waals surface area contributed by atoms with Gasteiger partial charge in [-0.25, -0.2) is 14.4 Å². The molecular weight excluding hydrogens is 916 g/mol. The molecule has 0 radical (unpaired) electrons. The maximum absolute atomic E-state index is 16.4. The number of halogens is 1. The summed E-state index contributed by atoms with van der Waals surface area (Å²) in [6, 6.07) is 11.0. The van der Waals surface area contributed by atoms with Crippen molar-refractivity contribution < 1.29 is 33.1 Å². The third-order valence-corrected chi connectivity index (χ3v) is 14.7. The van der Waals surface area contributed by atoms with Crippen molar-refractivity contribution in [2.75, 3.05) is 50.7 Å². The predicted octanol–water partition coefficient (Wildman–Crippen LogP) is 4.45. The van der Waals surface area contributed by atoms with Crippen LogP contribution in [0.15, 0.2) is 84.4 Å². The smallest absolute Gasteiger partial charge is 0.255 e. The average molecular weight is 971 g/mol. The number of nitrogens with one attached hydrogen (secondary N) is 2. The van der Waals surface area contributed by atoms with Crippen molar-refractivity contribution in [2.45, 2.75) is 82.6 Å². The van der Waals surface area contributed by atoms with Crippen LogP contribution in [0.2, 0.25) is 0 Å². The van der Waals surface area contributed by atoms with Crippen molar-refractivity contribution in [1.82, 2.24) is 49.6 Å². The number of nitrogens with zero attached hydrogens (tertiary/aromatic N) is 9. The Morgan fingerprint density at radius 3 is 2.59 bits per heavy atom. The number of piperidine rings is 2. The zero-order chi connectivity index (χ0) is 48.5. The molecule has 3 saturated heterocycles. The van der Waals surface area contributed by atoms with E-state index in [1.54, 1.807) is 48.4 Å². The molecule has 5 amide bonds. The Kier molecular flexibility index (Phi) is 13.4. The first kappa shape index (κ1) is 46.7. The number of hydrogen-bond donors (Lipinski definition) is 3. The molecule has 20 heteroatoms. The molecule has 4 N–H and O–H groups in total. The number of imidazole rings is 1. The molecule has 364 valence electrons. The van der Waals surface area contributed by atoms with Crippen LogP contribution in [-0.4, -0.2) is 127 Å². The van der Waals surface area contributed by atoms with Crippen LogP contribution in [0.1, 0.15) is 78.3 Å². The molecule has 3 aromatic heterocycles. The van der Waals surface area contributed by atoms with Gasteiger partial charge in [-0.1, -0.05) is 36.5 Å². The normalized spacial score (nSPS) is 19.2. The second-order valence-electron chi connectivity index (χ2n) is 18.3. The van der Waals surface area contributed by atoms with Gasteiger partial charge in [0.2, 0.25) is 17.7 Å². The number of fused-ring (bicyclic) bond motifs is 3. The maximum Gasteiger partial charge on any atom is 0.255 e. The van der Waals surface area contributed by atoms with E-state index in [2.05, 4.69) is 37.1 Å². The molecule has 5 aromatic rings. The maximum atomic E-state index is 16.4. The monoisotopic (exact) mass is 970 g/mol. The Morgan fingerprint density at radius 2 is 1.81 bits per heavy atom. The van der Waals surface area contributed by atoms with Crippen molar-refractivity contribution >= 4 is 58.0 Å². The minimum atomic E-state index is -0.951. The second kappa shape index (κ2) is 20.1. The zero-order valence-electron chi connectivity index (χ0n) is 38.7. The van der Waals surface area contributed by atoms with Gasteiger partial charge in [0.1, 0.15) is 29.2 Å². The lowest BCUT2D eigenvalue weighted by Gasteiger charge is -2.35. The molecule has 0 spiro atoms. The van der Waals surface area contributed by atoms with Gasteiger partial charge in [-0.2, -0.15) is 5.10 Å². The van der Waals surface area contributed by atoms with Gasteiger partial charge in [0.15, 0.2) is 11.9 Å². The van der Waals surface area contributed by atoms with Crippen LogP contribution in [-0.2, 0) is 38.7 Å². The first-order valence-electron chi connectivity index (χ1n) is 23.9. The average Bonchev–Trinajstić information content (AvgIpc) is 4.17. The molecule has 0 bridgehead atoms. The molecule has 2 atom stereocenters. The van der Waals surface area contributed by atoms with Crippen LogP contribution in [0.3, 0.4) is 0 Å². The number of aryl methyl sites for hydroxylation is 1. The summed E-state index contributed by atoms with van der Waals surface area (Å²) in [4.78, 5) is 81.9. The third kappa shape index (κ3) is 9.48. The number of ether oxygens (including phenoxy) is 1. The van der Waals surface area contributed by atoms with E-state index in [4.69, 9.17) is 15.5 Å². The van der Waals surface area contributed by atoms with Gasteiger partial charge < -0.3 is 35.1 Å². The van der Waals surface area contributed by atoms with Crippen LogP contribution in [0.25, 0.3) is 22.0 Å². The summed E-state index contributed by atoms with van der Waals surface area (Å²) in [7, 11) is 0. The van der Waals surface area contributed by atoms with Crippen molar-refractivity contribution in [3.63, 3.8) is 0 Å². The molecule has 18 nitrogen and oxygen atoms in total. The summed E-state index contributed by atoms with van der Waals surface area (Å²) in [5, 5.41) is 12.4. The summed E-state index contributed by atoms with van der Waals surface area (Å²) >= 11 is 1.18. The molecule has 70 heavy (non-hydrogen) atoms. The van der Waals surface area contributed by atoms with Gasteiger partial charge in [-0.05, 0) is 61.9 Å². The first-order chi connectivity index (χ1) is 34.0. The highest BCUT2D eigenvalue weighted by molar-refractivity contribution is 8.05. The second-order valence-corrected chi connectivity index (χ2v) is 19.3. The van der Waals surface area contributed by atoms with Gasteiger partial charge in [-0.3, -0.25) is 38.9 Å². The number of thioether (sulfide) groups is 1. The molecule has 0 saturated carbocycles. The lowest BCUT2D eigenvalue weighted by molar-refractivity contribution is -0.137. The zero-order valence-corrected chi connectivity index (χ0v) is 39.5. The summed E-state index contributed by atoms with van der Waals surface area (Å²) < 4.78 is 26.3. The molecule has 2 unspecified atom stereocenters. The number of piperazine rings is 1. The highest BCUT2D eigenvalue weighted by atomic mass is 32.2. The quantitative estimate of drug-likeness (QED) is 0.124. The van der Waals surface area contributed by atoms with E-state index < -0.39 is 29.7 Å². The number of nitrogens with two attached hydrogens (primary N) is 1. The predicted molar refractivity (Wildman–Crippen MR) is 260 cm³/mol. The number of anilines is 1. The van der Waals surface area contributed by atoms with Gasteiger partial charge in [0.05, 0.1) is 23.6 Å². The summed E-state index contributed by atoms with van der Waals surface area (Å²) in [6.07, 6.45) is 11.1. The topological polar surface area (TPSA) is 206 Å². The molecule has 10 rings (SSSR count). The van der Waals surface area contributed by atoms with Gasteiger partial charge in [0, 0.05) is 123 Å². The minimum absolute atomic E-state index is 0.106. The molecule has 8 heterocycles. The number of imide groups is 1. The van der Waals surface area contributed by atoms with Crippen LogP contribution in [0.4, 0.5) is 10.2 Å². The number of hydrogen-bond acceptors (Lipinski definition) is 13. The summed E-state index contributed by atoms with van der Waals surface area (Å²) in [5.41, 5.74) is 9.37. The fourth-order valence-electron chi connectivity index (χ4n) is 10.3. The Morgan fingerprint density at radius 1 is 0.986 bits per heavy atom. The standard InChI is InChI=1S/C50H55FN12O6S/c1-31(70-26-17-52)55-49(67)47(46-38-6-3-19-61(38)30-54-46)63-28-33-9-11-35(44(51)45(33)57-63)32-10-13-41(53-27-32)59-24-22-58(23-25-59)18-4-8-43(65)60-20-15-34(16-21-60)69-40-7-2-5-36-37(40)29-62(50(36)68)39-12-14-42(64)56-48(39)66/h2,5,7,9-11,13,17,26-28,30,34,39,47H,1,3-4,6,8,12,14-16,18-25,29,52H2,(H,55,67)(H,56,64,66)/b26-17-. The highest BCUT2D eigenvalue weighted by Crippen LogP contribution is 2.36. The molecule has 2 aromatic carbocycles. The molecule has 3 fully saturated rings. The van der Waals surface area contributed by atoms with E-state index >= 15 is 4.39 Å². The Hall–Kier alpha value is -7.06. The minimum Gasteiger partial charge on any atom is -0.490 e. The Labute approximate surface area is 408 Å². The fraction of sp³-hybridized carbons (Fsp3) is 0.400. The van der Waals surface area contributed by atoms with E-state index in [1.807, 2.05) is 27.7 Å². The lowest BCUT2D eigenvalue weighted by Crippen LogP contribution is -2.52. The molecule has 5 aliphatic heterocycles. The van der Waals surface area contributed by atoms with Crippen LogP contribution < -0.4 is 26.0 Å². The largest absolute Gasteiger partial charge is 0.490 e. The first-order valence-corrected chi connectivity index (χ1v) is 24.8. The number of benzene rings is 2. The van der Waals surface area contributed by atoms with E-state index in [-0.39, 0.29) is 42.3 Å². The van der Waals surface area contributed by atoms with E-state index in [0.717, 1.165) is 75.6 Å². The number of aromatic nitrogens is 5. The number of rotatable bonds is 15. The van der Waals surface area contributed by atoms with E-state index in [1.165, 1.54) is 27.5 Å². The molecule has 0 aliphatic carbocycles. The SMILES string of the molecule is C=C(NC(=O)C(c1ncn2c1CCC2)n1cc2ccc(-c3ccc(N4CCN(CCCC(=O)N5CCC(Oc6cccc7c6CN(C6CCC(=O)NC6=O)C7=O)CC5)CC4)nc3)c(F)c2n1)S/C=C\N. The summed E-state index contributed by atoms with van der Waals surface area (Å²) in [6.45, 7) is 10.2. The lowest BCUT2D eigenvalue weighted by atomic mass is 10.0. The fourth-order valence-corrected chi connectivity index (χ4v) is 10.7. The van der Waals surface area contributed by atoms with E-state index in [9.17, 15) is 24.0 Å². The number of likely N-dealkylation sites (tertiary alicyclic amines) is 1. The molecular formula is C50H55FN12O6S. The number of amides is 5. The van der Waals surface area contributed by atoms with Crippen LogP contribution in [0.5, 0.6) is 5.75 Å². The van der Waals surface area contributed by atoms with Crippen molar-refractivity contribution in [1.29, 1.82) is 0 Å². The van der Waals surface area contributed by atoms with Gasteiger partial charge in [0.25, 0.3) is 11.8 Å². The van der Waals surface area contributed by atoms with Gasteiger partial charge >= 0.3 is 0 Å². The van der Waals surface area contributed by atoms with Crippen molar-refractivity contribution in [3.8, 4) is 16.9 Å². The number of carbonyl (C=O) groups excluding carboxylic acids is 5. The van der Waals surface area contributed by atoms with E-state index in [0.29, 0.717) is 77.3 Å². The molecule has 5 aliphatic rings. The summed E-state index contributed by atoms with van der Waals surface area (Å²) in [5.74, 6) is -0.339. The number of carbonyl (C=O) groups is 5. The van der Waals surface area contributed by atoms with Crippen molar-refractivity contribution in [3.05, 3.63) is 113 Å². The van der Waals surface area contributed by atoms with Crippen molar-refractivity contribution in [2.24, 2.45) is 5.73 Å². The van der Waals surface area contributed by atoms with Gasteiger partial charge in [-0.15, -0.1) is 0 Å². The third-order valence-electron chi connectivity index (χ3n) is 14.0. The number of pyridine rings is 1.